The maximum absolute atomic E-state index is 12.6. The molecule has 0 aliphatic carbocycles. The molecule has 9 heteroatoms. The highest BCUT2D eigenvalue weighted by atomic mass is 35.5. The maximum Gasteiger partial charge on any atom is 0.246 e. The molecule has 1 aromatic carbocycles. The molecule has 1 aliphatic rings. The Morgan fingerprint density at radius 3 is 2.62 bits per heavy atom. The van der Waals surface area contributed by atoms with E-state index in [4.69, 9.17) is 32.7 Å². The third kappa shape index (κ3) is 6.14. The normalized spacial score (nSPS) is 14.4. The average molecular weight is 478 g/mol. The number of aromatic nitrogens is 1. The number of likely N-dealkylation sites (tertiary alicyclic amines) is 1. The Morgan fingerprint density at radius 2 is 2.00 bits per heavy atom. The van der Waals surface area contributed by atoms with E-state index < -0.39 is 0 Å². The van der Waals surface area contributed by atoms with E-state index in [1.54, 1.807) is 35.2 Å². The number of ether oxygens (including phenoxy) is 2. The van der Waals surface area contributed by atoms with E-state index in [0.717, 1.165) is 5.56 Å². The van der Waals surface area contributed by atoms with Gasteiger partial charge in [-0.1, -0.05) is 23.2 Å². The number of methoxy groups -OCH3 is 1. The lowest BCUT2D eigenvalue weighted by molar-refractivity contribution is -0.130. The first-order valence-electron chi connectivity index (χ1n) is 10.3. The number of rotatable bonds is 7. The van der Waals surface area contributed by atoms with Crippen LogP contribution in [-0.2, 0) is 9.59 Å². The lowest BCUT2D eigenvalue weighted by Gasteiger charge is -2.30. The zero-order valence-electron chi connectivity index (χ0n) is 17.9. The number of hydrogen-bond acceptors (Lipinski definition) is 5. The fourth-order valence-corrected chi connectivity index (χ4v) is 3.87. The molecule has 0 bridgehead atoms. The molecule has 0 saturated carbocycles. The highest BCUT2D eigenvalue weighted by Gasteiger charge is 2.26. The minimum absolute atomic E-state index is 0.0983. The summed E-state index contributed by atoms with van der Waals surface area (Å²) in [6.07, 6.45) is 5.86. The topological polar surface area (TPSA) is 80.8 Å². The number of anilines is 1. The smallest absolute Gasteiger partial charge is 0.246 e. The second-order valence-corrected chi connectivity index (χ2v) is 8.09. The number of amides is 2. The minimum atomic E-state index is -0.172. The molecule has 2 aromatic rings. The quantitative estimate of drug-likeness (QED) is 0.585. The van der Waals surface area contributed by atoms with Gasteiger partial charge in [-0.2, -0.15) is 0 Å². The molecule has 1 N–H and O–H groups in total. The first-order valence-corrected chi connectivity index (χ1v) is 11.1. The molecule has 32 heavy (non-hydrogen) atoms. The molecule has 2 heterocycles. The maximum atomic E-state index is 12.6. The number of carbonyl (C=O) groups is 2. The van der Waals surface area contributed by atoms with E-state index in [-0.39, 0.29) is 17.7 Å². The van der Waals surface area contributed by atoms with Gasteiger partial charge in [-0.3, -0.25) is 9.59 Å². The van der Waals surface area contributed by atoms with Crippen molar-refractivity contribution in [2.24, 2.45) is 5.92 Å². The van der Waals surface area contributed by atoms with Crippen molar-refractivity contribution >= 4 is 46.9 Å². The number of halogens is 2. The summed E-state index contributed by atoms with van der Waals surface area (Å²) in [4.78, 5) is 30.9. The van der Waals surface area contributed by atoms with Gasteiger partial charge in [0.1, 0.15) is 5.82 Å². The summed E-state index contributed by atoms with van der Waals surface area (Å²) in [5, 5.41) is 3.72. The summed E-state index contributed by atoms with van der Waals surface area (Å²) < 4.78 is 10.8. The summed E-state index contributed by atoms with van der Waals surface area (Å²) in [5.74, 6) is 1.06. The van der Waals surface area contributed by atoms with Gasteiger partial charge < -0.3 is 19.7 Å². The molecule has 0 spiro atoms. The van der Waals surface area contributed by atoms with Crippen molar-refractivity contribution in [1.29, 1.82) is 0 Å². The minimum Gasteiger partial charge on any atom is -0.491 e. The van der Waals surface area contributed by atoms with E-state index in [1.807, 2.05) is 6.92 Å². The highest BCUT2D eigenvalue weighted by molar-refractivity contribution is 6.32. The van der Waals surface area contributed by atoms with Crippen LogP contribution in [0.2, 0.25) is 10.0 Å². The number of carbonyl (C=O) groups excluding carboxylic acids is 2. The Hall–Kier alpha value is -2.77. The molecule has 1 aromatic heterocycles. The van der Waals surface area contributed by atoms with E-state index in [9.17, 15) is 9.59 Å². The Morgan fingerprint density at radius 1 is 1.25 bits per heavy atom. The van der Waals surface area contributed by atoms with Crippen LogP contribution in [0.5, 0.6) is 11.5 Å². The Kier molecular flexibility index (Phi) is 8.36. The first kappa shape index (κ1) is 23.9. The summed E-state index contributed by atoms with van der Waals surface area (Å²) >= 11 is 12.1. The zero-order valence-corrected chi connectivity index (χ0v) is 19.4. The molecule has 0 radical (unpaired) electrons. The van der Waals surface area contributed by atoms with E-state index in [1.165, 1.54) is 19.4 Å². The SMILES string of the molecule is CCOc1cc(C=CC(=O)N2CCC(C(=O)Nc3ccc(Cl)cn3)CC2)cc(Cl)c1OC. The lowest BCUT2D eigenvalue weighted by Crippen LogP contribution is -2.40. The van der Waals surface area contributed by atoms with Crippen LogP contribution in [0.15, 0.2) is 36.5 Å². The van der Waals surface area contributed by atoms with Gasteiger partial charge in [0.25, 0.3) is 0 Å². The molecule has 3 rings (SSSR count). The summed E-state index contributed by atoms with van der Waals surface area (Å²) in [7, 11) is 1.53. The standard InChI is InChI=1S/C23H25Cl2N3O4/c1-3-32-19-13-15(12-18(25)22(19)31-2)4-7-21(29)28-10-8-16(9-11-28)23(30)27-20-6-5-17(24)14-26-20/h4-7,12-14,16H,3,8-11H2,1-2H3,(H,26,27,30). The molecule has 7 nitrogen and oxygen atoms in total. The number of hydrogen-bond donors (Lipinski definition) is 1. The van der Waals surface area contributed by atoms with Crippen molar-refractivity contribution in [3.8, 4) is 11.5 Å². The first-order chi connectivity index (χ1) is 15.4. The van der Waals surface area contributed by atoms with Crippen molar-refractivity contribution in [1.82, 2.24) is 9.88 Å². The van der Waals surface area contributed by atoms with E-state index in [0.29, 0.717) is 59.9 Å². The van der Waals surface area contributed by atoms with Gasteiger partial charge in [0.05, 0.1) is 23.8 Å². The van der Waals surface area contributed by atoms with Crippen LogP contribution in [-0.4, -0.2) is 48.5 Å². The molecule has 1 saturated heterocycles. The monoisotopic (exact) mass is 477 g/mol. The Balaban J connectivity index is 1.55. The third-order valence-corrected chi connectivity index (χ3v) is 5.61. The van der Waals surface area contributed by atoms with Gasteiger partial charge in [-0.15, -0.1) is 0 Å². The molecule has 1 aliphatic heterocycles. The van der Waals surface area contributed by atoms with Gasteiger partial charge in [-0.05, 0) is 55.7 Å². The number of piperidine rings is 1. The molecule has 0 atom stereocenters. The molecule has 1 fully saturated rings. The summed E-state index contributed by atoms with van der Waals surface area (Å²) in [6, 6.07) is 6.82. The molecule has 0 unspecified atom stereocenters. The Bertz CT molecular complexity index is 987. The number of benzene rings is 1. The summed E-state index contributed by atoms with van der Waals surface area (Å²) in [5.41, 5.74) is 0.734. The predicted octanol–water partition coefficient (Wildman–Crippen LogP) is 4.69. The largest absolute Gasteiger partial charge is 0.491 e. The highest BCUT2D eigenvalue weighted by Crippen LogP contribution is 2.36. The second-order valence-electron chi connectivity index (χ2n) is 7.25. The third-order valence-electron chi connectivity index (χ3n) is 5.11. The van der Waals surface area contributed by atoms with Crippen LogP contribution in [0.25, 0.3) is 6.08 Å². The zero-order chi connectivity index (χ0) is 23.1. The van der Waals surface area contributed by atoms with Crippen LogP contribution in [0.1, 0.15) is 25.3 Å². The van der Waals surface area contributed by atoms with E-state index in [2.05, 4.69) is 10.3 Å². The van der Waals surface area contributed by atoms with Crippen molar-refractivity contribution < 1.29 is 19.1 Å². The number of nitrogens with zero attached hydrogens (tertiary/aromatic N) is 2. The van der Waals surface area contributed by atoms with Gasteiger partial charge >= 0.3 is 0 Å². The Labute approximate surface area is 197 Å². The number of pyridine rings is 1. The van der Waals surface area contributed by atoms with Gasteiger partial charge in [0.2, 0.25) is 11.8 Å². The lowest BCUT2D eigenvalue weighted by atomic mass is 9.96. The molecular formula is C23H25Cl2N3O4. The van der Waals surface area contributed by atoms with Crippen LogP contribution in [0.3, 0.4) is 0 Å². The fraction of sp³-hybridized carbons (Fsp3) is 0.348. The van der Waals surface area contributed by atoms with Crippen LogP contribution >= 0.6 is 23.2 Å². The summed E-state index contributed by atoms with van der Waals surface area (Å²) in [6.45, 7) is 3.34. The molecular weight excluding hydrogens is 453 g/mol. The van der Waals surface area contributed by atoms with Crippen LogP contribution in [0.4, 0.5) is 5.82 Å². The van der Waals surface area contributed by atoms with Crippen molar-refractivity contribution in [2.75, 3.05) is 32.1 Å². The van der Waals surface area contributed by atoms with Crippen molar-refractivity contribution in [3.63, 3.8) is 0 Å². The van der Waals surface area contributed by atoms with Gasteiger partial charge in [-0.25, -0.2) is 4.98 Å². The molecule has 170 valence electrons. The second kappa shape index (κ2) is 11.2. The van der Waals surface area contributed by atoms with Crippen molar-refractivity contribution in [2.45, 2.75) is 19.8 Å². The van der Waals surface area contributed by atoms with Gasteiger partial charge in [0.15, 0.2) is 11.5 Å². The van der Waals surface area contributed by atoms with Crippen LogP contribution in [0, 0.1) is 5.92 Å². The van der Waals surface area contributed by atoms with Gasteiger partial charge in [0, 0.05) is 31.3 Å². The van der Waals surface area contributed by atoms with Crippen molar-refractivity contribution in [3.05, 3.63) is 52.1 Å². The average Bonchev–Trinajstić information content (AvgIpc) is 2.79. The van der Waals surface area contributed by atoms with Crippen LogP contribution < -0.4 is 14.8 Å². The number of nitrogens with one attached hydrogen (secondary N) is 1. The molecule has 2 amide bonds. The fourth-order valence-electron chi connectivity index (χ4n) is 3.46. The predicted molar refractivity (Wildman–Crippen MR) is 125 cm³/mol. The van der Waals surface area contributed by atoms with E-state index >= 15 is 0 Å².